The van der Waals surface area contributed by atoms with Crippen molar-refractivity contribution >= 4 is 40.3 Å². The smallest absolute Gasteiger partial charge is 0.326 e. The summed E-state index contributed by atoms with van der Waals surface area (Å²) in [4.78, 5) is 47.0. The van der Waals surface area contributed by atoms with Crippen LogP contribution < -0.4 is 22.1 Å². The molecule has 2 aromatic carbocycles. The summed E-state index contributed by atoms with van der Waals surface area (Å²) in [7, 11) is 0. The number of hydrogen-bond acceptors (Lipinski definition) is 5. The highest BCUT2D eigenvalue weighted by Crippen LogP contribution is 2.32. The van der Waals surface area contributed by atoms with Crippen LogP contribution in [0.4, 0.5) is 10.5 Å². The summed E-state index contributed by atoms with van der Waals surface area (Å²) in [5.74, 6) is 1.33. The number of hydrogen-bond donors (Lipinski definition) is 4. The van der Waals surface area contributed by atoms with Crippen LogP contribution in [0.3, 0.4) is 0 Å². The molecule has 0 saturated carbocycles. The Morgan fingerprint density at radius 2 is 1.64 bits per heavy atom. The molecule has 3 fully saturated rings. The first kappa shape index (κ1) is 30.5. The molecule has 6 rings (SSSR count). The molecule has 3 amide bonds. The van der Waals surface area contributed by atoms with Crippen molar-refractivity contribution in [2.24, 2.45) is 11.8 Å². The number of piperidine rings is 3. The number of urea groups is 1. The number of amides is 3. The quantitative estimate of drug-likeness (QED) is 0.309. The van der Waals surface area contributed by atoms with Gasteiger partial charge in [-0.3, -0.25) is 9.36 Å². The normalized spacial score (nSPS) is 19.8. The van der Waals surface area contributed by atoms with E-state index in [9.17, 15) is 14.4 Å². The SMILES string of the molecule is Cc1cc(C[C@@H](NC(=O)N2CCC(n3c(=O)[nH]c4ccccc43)CC2)C(=O)N2CCC(C3CCNCC3)CC2)cc(Cl)c1N. The Hall–Kier alpha value is -3.50. The number of carbonyl (C=O) groups excluding carboxylic acids is 2. The molecule has 0 radical (unpaired) electrons. The van der Waals surface area contributed by atoms with Gasteiger partial charge in [-0.05, 0) is 99.7 Å². The Morgan fingerprint density at radius 1 is 0.977 bits per heavy atom. The Morgan fingerprint density at radius 3 is 2.34 bits per heavy atom. The van der Waals surface area contributed by atoms with E-state index in [4.69, 9.17) is 17.3 Å². The van der Waals surface area contributed by atoms with Crippen LogP contribution in [0.25, 0.3) is 11.0 Å². The second kappa shape index (κ2) is 13.2. The third kappa shape index (κ3) is 6.47. The lowest BCUT2D eigenvalue weighted by Crippen LogP contribution is -2.55. The Kier molecular flexibility index (Phi) is 9.18. The third-order valence-corrected chi connectivity index (χ3v) is 10.4. The molecule has 0 unspecified atom stereocenters. The Bertz CT molecular complexity index is 1520. The lowest BCUT2D eigenvalue weighted by molar-refractivity contribution is -0.135. The van der Waals surface area contributed by atoms with Gasteiger partial charge in [0.15, 0.2) is 0 Å². The van der Waals surface area contributed by atoms with E-state index in [0.29, 0.717) is 62.1 Å². The van der Waals surface area contributed by atoms with Crippen LogP contribution in [-0.4, -0.2) is 76.6 Å². The van der Waals surface area contributed by atoms with Crippen molar-refractivity contribution in [3.05, 3.63) is 63.0 Å². The van der Waals surface area contributed by atoms with Gasteiger partial charge in [-0.15, -0.1) is 0 Å². The van der Waals surface area contributed by atoms with Crippen molar-refractivity contribution in [1.29, 1.82) is 0 Å². The van der Waals surface area contributed by atoms with Gasteiger partial charge in [0.25, 0.3) is 0 Å². The molecule has 44 heavy (non-hydrogen) atoms. The number of likely N-dealkylation sites (tertiary alicyclic amines) is 2. The van der Waals surface area contributed by atoms with Crippen molar-refractivity contribution in [1.82, 2.24) is 30.0 Å². The van der Waals surface area contributed by atoms with E-state index in [2.05, 4.69) is 15.6 Å². The summed E-state index contributed by atoms with van der Waals surface area (Å²) in [5, 5.41) is 6.99. The zero-order valence-corrected chi connectivity index (χ0v) is 26.2. The highest BCUT2D eigenvalue weighted by molar-refractivity contribution is 6.33. The minimum absolute atomic E-state index is 0.00117. The number of imidazole rings is 1. The van der Waals surface area contributed by atoms with Crippen LogP contribution in [0.15, 0.2) is 41.2 Å². The molecule has 4 heterocycles. The second-order valence-corrected chi connectivity index (χ2v) is 13.2. The number of nitrogens with zero attached hydrogens (tertiary/aromatic N) is 3. The summed E-state index contributed by atoms with van der Waals surface area (Å²) in [5.41, 5.74) is 9.90. The van der Waals surface area contributed by atoms with Gasteiger partial charge in [0.1, 0.15) is 6.04 Å². The van der Waals surface area contributed by atoms with Crippen molar-refractivity contribution in [2.45, 2.75) is 64.0 Å². The fourth-order valence-electron chi connectivity index (χ4n) is 7.51. The number of anilines is 1. The number of rotatable bonds is 6. The van der Waals surface area contributed by atoms with Crippen LogP contribution in [-0.2, 0) is 11.2 Å². The van der Waals surface area contributed by atoms with Crippen molar-refractivity contribution < 1.29 is 9.59 Å². The van der Waals surface area contributed by atoms with Gasteiger partial charge in [-0.2, -0.15) is 0 Å². The minimum atomic E-state index is -0.717. The van der Waals surface area contributed by atoms with Gasteiger partial charge in [-0.25, -0.2) is 9.59 Å². The maximum atomic E-state index is 14.0. The predicted octanol–water partition coefficient (Wildman–Crippen LogP) is 4.07. The predicted molar refractivity (Wildman–Crippen MR) is 174 cm³/mol. The number of aromatic nitrogens is 2. The lowest BCUT2D eigenvalue weighted by atomic mass is 9.79. The van der Waals surface area contributed by atoms with E-state index < -0.39 is 6.04 Å². The largest absolute Gasteiger partial charge is 0.397 e. The molecular weight excluding hydrogens is 578 g/mol. The standard InChI is InChI=1S/C33H44ClN7O3/c1-21-18-22(19-26(34)30(21)35)20-28(31(42)39-14-8-24(9-15-39)23-6-12-36-13-7-23)38-32(43)40-16-10-25(11-17-40)41-29-5-3-2-4-27(29)37-33(41)44/h2-5,18-19,23-25,28,36H,6-17,20,35H2,1H3,(H,37,44)(H,38,43)/t28-/m1/s1. The number of benzene rings is 2. The summed E-state index contributed by atoms with van der Waals surface area (Å²) in [6.45, 7) is 6.48. The highest BCUT2D eigenvalue weighted by Gasteiger charge is 2.34. The number of nitrogen functional groups attached to an aromatic ring is 1. The topological polar surface area (TPSA) is 128 Å². The van der Waals surface area contributed by atoms with E-state index in [-0.39, 0.29) is 23.7 Å². The fraction of sp³-hybridized carbons (Fsp3) is 0.545. The number of nitrogens with one attached hydrogen (secondary N) is 3. The van der Waals surface area contributed by atoms with Crippen LogP contribution in [0, 0.1) is 18.8 Å². The first-order valence-electron chi connectivity index (χ1n) is 16.1. The number of carbonyl (C=O) groups is 2. The van der Waals surface area contributed by atoms with E-state index in [1.165, 1.54) is 12.8 Å². The molecule has 1 aromatic heterocycles. The molecular formula is C33H44ClN7O3. The number of aryl methyl sites for hydroxylation is 1. The molecule has 1 atom stereocenters. The zero-order chi connectivity index (χ0) is 30.8. The average Bonchev–Trinajstić information content (AvgIpc) is 3.39. The van der Waals surface area contributed by atoms with Crippen LogP contribution in [0.1, 0.15) is 55.7 Å². The van der Waals surface area contributed by atoms with E-state index >= 15 is 0 Å². The molecule has 3 aliphatic rings. The van der Waals surface area contributed by atoms with E-state index in [1.807, 2.05) is 46.7 Å². The monoisotopic (exact) mass is 621 g/mol. The average molecular weight is 622 g/mol. The summed E-state index contributed by atoms with van der Waals surface area (Å²) < 4.78 is 1.82. The summed E-state index contributed by atoms with van der Waals surface area (Å²) in [6, 6.07) is 10.5. The molecule has 10 nitrogen and oxygen atoms in total. The zero-order valence-electron chi connectivity index (χ0n) is 25.5. The number of halogens is 1. The van der Waals surface area contributed by atoms with E-state index in [1.54, 1.807) is 11.0 Å². The number of para-hydroxylation sites is 2. The van der Waals surface area contributed by atoms with Gasteiger partial charge in [0, 0.05) is 38.6 Å². The van der Waals surface area contributed by atoms with E-state index in [0.717, 1.165) is 54.0 Å². The van der Waals surface area contributed by atoms with Crippen molar-refractivity contribution in [2.75, 3.05) is 45.0 Å². The molecule has 11 heteroatoms. The first-order chi connectivity index (χ1) is 21.3. The Balaban J connectivity index is 1.13. The molecule has 5 N–H and O–H groups in total. The first-order valence-corrected chi connectivity index (χ1v) is 16.4. The lowest BCUT2D eigenvalue weighted by Gasteiger charge is -2.39. The van der Waals surface area contributed by atoms with Gasteiger partial charge < -0.3 is 31.2 Å². The van der Waals surface area contributed by atoms with Crippen LogP contribution in [0.5, 0.6) is 0 Å². The van der Waals surface area contributed by atoms with Gasteiger partial charge in [-0.1, -0.05) is 29.8 Å². The number of nitrogens with two attached hydrogens (primary N) is 1. The van der Waals surface area contributed by atoms with Crippen LogP contribution >= 0.6 is 11.6 Å². The molecule has 3 aliphatic heterocycles. The van der Waals surface area contributed by atoms with Gasteiger partial charge in [0.05, 0.1) is 21.7 Å². The van der Waals surface area contributed by atoms with Gasteiger partial charge in [0.2, 0.25) is 5.91 Å². The fourth-order valence-corrected chi connectivity index (χ4v) is 7.80. The summed E-state index contributed by atoms with van der Waals surface area (Å²) >= 11 is 6.40. The molecule has 0 aliphatic carbocycles. The molecule has 3 saturated heterocycles. The minimum Gasteiger partial charge on any atom is -0.397 e. The second-order valence-electron chi connectivity index (χ2n) is 12.8. The molecule has 0 bridgehead atoms. The summed E-state index contributed by atoms with van der Waals surface area (Å²) in [6.07, 6.45) is 6.08. The number of fused-ring (bicyclic) bond motifs is 1. The maximum Gasteiger partial charge on any atom is 0.326 e. The van der Waals surface area contributed by atoms with Gasteiger partial charge >= 0.3 is 11.7 Å². The number of H-pyrrole nitrogens is 1. The molecule has 3 aromatic rings. The molecule has 236 valence electrons. The highest BCUT2D eigenvalue weighted by atomic mass is 35.5. The van der Waals surface area contributed by atoms with Crippen molar-refractivity contribution in [3.63, 3.8) is 0 Å². The Labute approximate surface area is 263 Å². The van der Waals surface area contributed by atoms with Crippen LogP contribution in [0.2, 0.25) is 5.02 Å². The maximum absolute atomic E-state index is 14.0. The molecule has 0 spiro atoms. The van der Waals surface area contributed by atoms with Crippen molar-refractivity contribution in [3.8, 4) is 0 Å². The number of aromatic amines is 1. The third-order valence-electron chi connectivity index (χ3n) is 10.1.